The van der Waals surface area contributed by atoms with Crippen LogP contribution in [0.1, 0.15) is 55.2 Å². The maximum absolute atomic E-state index is 12.6. The number of piperidine rings is 1. The smallest absolute Gasteiger partial charge is 0.165 e. The van der Waals surface area contributed by atoms with Crippen LogP contribution >= 0.6 is 12.4 Å². The normalized spacial score (nSPS) is 34.1. The van der Waals surface area contributed by atoms with Gasteiger partial charge < -0.3 is 14.9 Å². The zero-order valence-electron chi connectivity index (χ0n) is 21.2. The van der Waals surface area contributed by atoms with E-state index in [1.165, 1.54) is 24.0 Å². The van der Waals surface area contributed by atoms with Gasteiger partial charge in [0.1, 0.15) is 6.10 Å². The summed E-state index contributed by atoms with van der Waals surface area (Å²) in [4.78, 5) is 5.09. The van der Waals surface area contributed by atoms with E-state index in [4.69, 9.17) is 4.74 Å². The zero-order valence-corrected chi connectivity index (χ0v) is 22.1. The first-order valence-corrected chi connectivity index (χ1v) is 13.7. The van der Waals surface area contributed by atoms with Crippen molar-refractivity contribution in [2.24, 2.45) is 5.92 Å². The number of phenolic OH excluding ortho intramolecular Hbond substituents is 1. The van der Waals surface area contributed by atoms with E-state index in [-0.39, 0.29) is 36.3 Å². The van der Waals surface area contributed by atoms with Crippen molar-refractivity contribution in [3.8, 4) is 11.5 Å². The Morgan fingerprint density at radius 3 is 2.67 bits per heavy atom. The number of rotatable bonds is 7. The lowest BCUT2D eigenvalue weighted by atomic mass is 9.48. The fourth-order valence-corrected chi connectivity index (χ4v) is 8.25. The van der Waals surface area contributed by atoms with E-state index in [9.17, 15) is 10.2 Å². The molecule has 0 radical (unpaired) electrons. The van der Waals surface area contributed by atoms with Gasteiger partial charge in [-0.3, -0.25) is 9.80 Å². The number of likely N-dealkylation sites (tertiary alicyclic amines) is 1. The molecule has 2 bridgehead atoms. The molecule has 3 aliphatic carbocycles. The minimum absolute atomic E-state index is 0. The predicted molar refractivity (Wildman–Crippen MR) is 143 cm³/mol. The van der Waals surface area contributed by atoms with Gasteiger partial charge in [-0.05, 0) is 94.6 Å². The minimum Gasteiger partial charge on any atom is -0.504 e. The molecule has 2 aromatic carbocycles. The maximum atomic E-state index is 12.6. The number of phenols is 1. The highest BCUT2D eigenvalue weighted by molar-refractivity contribution is 5.85. The molecule has 2 saturated carbocycles. The summed E-state index contributed by atoms with van der Waals surface area (Å²) in [7, 11) is 2.23. The number of nitrogens with zero attached hydrogens (tertiary/aromatic N) is 2. The molecule has 36 heavy (non-hydrogen) atoms. The molecule has 1 spiro atoms. The second-order valence-corrected chi connectivity index (χ2v) is 12.0. The van der Waals surface area contributed by atoms with Crippen molar-refractivity contribution in [2.75, 3.05) is 26.7 Å². The summed E-state index contributed by atoms with van der Waals surface area (Å²) in [5, 5.41) is 23.4. The van der Waals surface area contributed by atoms with Gasteiger partial charge in [0, 0.05) is 24.2 Å². The highest BCUT2D eigenvalue weighted by atomic mass is 35.5. The molecule has 7 rings (SSSR count). The number of benzene rings is 2. The number of aliphatic hydroxyl groups is 1. The first kappa shape index (κ1) is 24.5. The molecule has 5 atom stereocenters. The van der Waals surface area contributed by atoms with Crippen LogP contribution in [0.2, 0.25) is 0 Å². The minimum atomic E-state index is -0.793. The van der Waals surface area contributed by atoms with Crippen LogP contribution in [0.15, 0.2) is 42.5 Å². The first-order chi connectivity index (χ1) is 17.0. The number of ether oxygens (including phenoxy) is 1. The lowest BCUT2D eigenvalue weighted by molar-refractivity contribution is -0.199. The van der Waals surface area contributed by atoms with Crippen molar-refractivity contribution in [1.82, 2.24) is 9.80 Å². The number of halogens is 1. The number of hydrogen-bond donors (Lipinski definition) is 2. The highest BCUT2D eigenvalue weighted by Gasteiger charge is 2.73. The largest absolute Gasteiger partial charge is 0.504 e. The molecule has 6 heteroatoms. The van der Waals surface area contributed by atoms with Crippen LogP contribution in [-0.4, -0.2) is 70.5 Å². The Morgan fingerprint density at radius 1 is 1.08 bits per heavy atom. The van der Waals surface area contributed by atoms with Gasteiger partial charge in [0.15, 0.2) is 11.5 Å². The number of aromatic hydroxyl groups is 1. The van der Waals surface area contributed by atoms with E-state index in [0.29, 0.717) is 5.75 Å². The van der Waals surface area contributed by atoms with Crippen LogP contribution < -0.4 is 4.74 Å². The lowest BCUT2D eigenvalue weighted by Gasteiger charge is -2.64. The Kier molecular flexibility index (Phi) is 6.07. The van der Waals surface area contributed by atoms with Crippen molar-refractivity contribution >= 4 is 12.4 Å². The molecule has 5 nitrogen and oxygen atoms in total. The molecular weight excluding hydrogens is 472 g/mol. The molecule has 3 fully saturated rings. The van der Waals surface area contributed by atoms with E-state index in [1.54, 1.807) is 0 Å². The summed E-state index contributed by atoms with van der Waals surface area (Å²) in [6, 6.07) is 15.0. The first-order valence-electron chi connectivity index (χ1n) is 13.7. The predicted octanol–water partition coefficient (Wildman–Crippen LogP) is 4.31. The summed E-state index contributed by atoms with van der Waals surface area (Å²) < 4.78 is 6.73. The van der Waals surface area contributed by atoms with Gasteiger partial charge in [0.25, 0.3) is 0 Å². The Morgan fingerprint density at radius 2 is 1.89 bits per heavy atom. The summed E-state index contributed by atoms with van der Waals surface area (Å²) in [5.74, 6) is 1.70. The highest BCUT2D eigenvalue weighted by Crippen LogP contribution is 2.66. The Hall–Kier alpha value is -1.79. The van der Waals surface area contributed by atoms with E-state index >= 15 is 0 Å². The van der Waals surface area contributed by atoms with Crippen LogP contribution in [0.25, 0.3) is 0 Å². The molecule has 2 aromatic rings. The zero-order chi connectivity index (χ0) is 23.8. The Balaban J connectivity index is 0.00000240. The van der Waals surface area contributed by atoms with Crippen LogP contribution in [-0.2, 0) is 18.3 Å². The van der Waals surface area contributed by atoms with Gasteiger partial charge in [-0.25, -0.2) is 0 Å². The molecule has 194 valence electrons. The Bertz CT molecular complexity index is 1120. The fourth-order valence-electron chi connectivity index (χ4n) is 8.25. The molecule has 5 aliphatic rings. The maximum Gasteiger partial charge on any atom is 0.165 e. The van der Waals surface area contributed by atoms with Gasteiger partial charge in [0.2, 0.25) is 0 Å². The van der Waals surface area contributed by atoms with Crippen LogP contribution in [0.3, 0.4) is 0 Å². The van der Waals surface area contributed by atoms with Crippen molar-refractivity contribution < 1.29 is 14.9 Å². The van der Waals surface area contributed by atoms with Crippen molar-refractivity contribution in [2.45, 2.75) is 80.6 Å². The van der Waals surface area contributed by atoms with Crippen molar-refractivity contribution in [1.29, 1.82) is 0 Å². The van der Waals surface area contributed by atoms with Gasteiger partial charge >= 0.3 is 0 Å². The second kappa shape index (κ2) is 8.90. The van der Waals surface area contributed by atoms with Crippen LogP contribution in [0.5, 0.6) is 11.5 Å². The second-order valence-electron chi connectivity index (χ2n) is 12.0. The van der Waals surface area contributed by atoms with E-state index in [2.05, 4.69) is 53.2 Å². The van der Waals surface area contributed by atoms with Gasteiger partial charge in [-0.2, -0.15) is 0 Å². The monoisotopic (exact) mass is 510 g/mol. The van der Waals surface area contributed by atoms with Gasteiger partial charge in [-0.15, -0.1) is 12.4 Å². The topological polar surface area (TPSA) is 56.2 Å². The molecule has 0 aromatic heterocycles. The SMILES string of the molecule is CN(CCCc1ccccc1)[C@@H]1CC[C@@]2(O)[C@H]3Cc4ccc(O)c5c4[C@@]2(CCN3CC2CC2)[C@H]1O5.Cl. The Labute approximate surface area is 220 Å². The number of likely N-dealkylation sites (N-methyl/N-ethyl adjacent to an activating group) is 1. The summed E-state index contributed by atoms with van der Waals surface area (Å²) in [5.41, 5.74) is 2.58. The molecule has 2 N–H and O–H groups in total. The summed E-state index contributed by atoms with van der Waals surface area (Å²) >= 11 is 0. The molecule has 0 amide bonds. The molecule has 2 aliphatic heterocycles. The third-order valence-corrected chi connectivity index (χ3v) is 10.1. The van der Waals surface area contributed by atoms with E-state index in [1.807, 2.05) is 6.07 Å². The number of aryl methyl sites for hydroxylation is 1. The lowest BCUT2D eigenvalue weighted by Crippen LogP contribution is -2.78. The summed E-state index contributed by atoms with van der Waals surface area (Å²) in [6.07, 6.45) is 8.24. The van der Waals surface area contributed by atoms with E-state index < -0.39 is 11.0 Å². The quantitative estimate of drug-likeness (QED) is 0.581. The van der Waals surface area contributed by atoms with Crippen molar-refractivity contribution in [3.05, 3.63) is 59.2 Å². The standard InChI is InChI=1S/C30H38N2O3.ClH/c1-31(16-5-8-20-6-3-2-4-7-20)23-13-14-30(34)25-18-22-11-12-24(33)27-26(22)29(30,28(23)35-27)15-17-32(25)19-21-9-10-21;/h2-4,6-7,11-12,21,23,25,28,33-34H,5,8-10,13-19H2,1H3;1H/t23-,25-,28+,29+,30-;/m1./s1. The average molecular weight is 511 g/mol. The number of hydrogen-bond acceptors (Lipinski definition) is 5. The van der Waals surface area contributed by atoms with Gasteiger partial charge in [-0.1, -0.05) is 36.4 Å². The molecular formula is C30H39ClN2O3. The average Bonchev–Trinajstić information content (AvgIpc) is 3.60. The fraction of sp³-hybridized carbons (Fsp3) is 0.600. The van der Waals surface area contributed by atoms with E-state index in [0.717, 1.165) is 69.6 Å². The summed E-state index contributed by atoms with van der Waals surface area (Å²) in [6.45, 7) is 3.14. The van der Waals surface area contributed by atoms with Crippen molar-refractivity contribution in [3.63, 3.8) is 0 Å². The third-order valence-electron chi connectivity index (χ3n) is 10.1. The van der Waals surface area contributed by atoms with Crippen LogP contribution in [0.4, 0.5) is 0 Å². The molecule has 0 unspecified atom stereocenters. The van der Waals surface area contributed by atoms with Crippen LogP contribution in [0, 0.1) is 5.92 Å². The third kappa shape index (κ3) is 3.46. The molecule has 1 saturated heterocycles. The van der Waals surface area contributed by atoms with Gasteiger partial charge in [0.05, 0.1) is 11.0 Å². The molecule has 2 heterocycles.